The average Bonchev–Trinajstić information content (AvgIpc) is 3.14. The summed E-state index contributed by atoms with van der Waals surface area (Å²) < 4.78 is 1.63. The van der Waals surface area contributed by atoms with Crippen LogP contribution in [0.1, 0.15) is 21.7 Å². The average molecular weight is 334 g/mol. The summed E-state index contributed by atoms with van der Waals surface area (Å²) in [7, 11) is 0. The topological polar surface area (TPSA) is 72.7 Å². The van der Waals surface area contributed by atoms with Gasteiger partial charge >= 0.3 is 0 Å². The van der Waals surface area contributed by atoms with E-state index in [0.29, 0.717) is 28.1 Å². The molecule has 3 heterocycles. The third-order valence-electron chi connectivity index (χ3n) is 3.03. The van der Waals surface area contributed by atoms with Gasteiger partial charge in [-0.1, -0.05) is 6.07 Å². The van der Waals surface area contributed by atoms with Crippen molar-refractivity contribution in [2.24, 2.45) is 0 Å². The summed E-state index contributed by atoms with van der Waals surface area (Å²) in [6.45, 7) is 1.82. The number of pyridine rings is 1. The number of carbonyl (C=O) groups excluding carboxylic acids is 1. The van der Waals surface area contributed by atoms with Crippen molar-refractivity contribution in [1.29, 1.82) is 0 Å². The van der Waals surface area contributed by atoms with Gasteiger partial charge in [0.1, 0.15) is 0 Å². The van der Waals surface area contributed by atoms with Gasteiger partial charge in [-0.15, -0.1) is 22.9 Å². The Bertz CT molecular complexity index is 799. The first kappa shape index (κ1) is 14.7. The van der Waals surface area contributed by atoms with Crippen molar-refractivity contribution >= 4 is 34.0 Å². The number of aromatic nitrogens is 4. The Kier molecular flexibility index (Phi) is 4.17. The second-order valence-electron chi connectivity index (χ2n) is 4.48. The van der Waals surface area contributed by atoms with Gasteiger partial charge in [0.25, 0.3) is 5.91 Å². The molecule has 112 valence electrons. The molecule has 1 N–H and O–H groups in total. The summed E-state index contributed by atoms with van der Waals surface area (Å²) in [5.74, 6) is 0.733. The molecule has 8 heteroatoms. The number of amides is 1. The third kappa shape index (κ3) is 2.86. The molecule has 0 saturated carbocycles. The Labute approximate surface area is 135 Å². The molecule has 0 bridgehead atoms. The van der Waals surface area contributed by atoms with E-state index in [9.17, 15) is 4.79 Å². The minimum Gasteiger partial charge on any atom is -0.298 e. The van der Waals surface area contributed by atoms with Gasteiger partial charge in [0.05, 0.1) is 29.0 Å². The molecule has 3 aromatic heterocycles. The molecular weight excluding hydrogens is 322 g/mol. The first-order valence-corrected chi connectivity index (χ1v) is 7.88. The highest BCUT2D eigenvalue weighted by Gasteiger charge is 2.16. The van der Waals surface area contributed by atoms with Crippen LogP contribution in [0.5, 0.6) is 0 Å². The van der Waals surface area contributed by atoms with Gasteiger partial charge in [0.15, 0.2) is 10.9 Å². The molecule has 0 aliphatic heterocycles. The lowest BCUT2D eigenvalue weighted by Gasteiger charge is -2.04. The number of hydrogen-bond donors (Lipinski definition) is 1. The maximum absolute atomic E-state index is 12.3. The second kappa shape index (κ2) is 6.25. The molecular formula is C14H12ClN5OS. The van der Waals surface area contributed by atoms with Crippen LogP contribution < -0.4 is 5.32 Å². The lowest BCUT2D eigenvalue weighted by Crippen LogP contribution is -2.13. The van der Waals surface area contributed by atoms with Gasteiger partial charge in [0.2, 0.25) is 0 Å². The molecule has 3 aromatic rings. The third-order valence-corrected chi connectivity index (χ3v) is 4.11. The number of thiazole rings is 1. The first-order valence-electron chi connectivity index (χ1n) is 6.47. The molecule has 0 unspecified atom stereocenters. The second-order valence-corrected chi connectivity index (χ2v) is 5.60. The molecule has 0 saturated heterocycles. The fourth-order valence-corrected chi connectivity index (χ4v) is 2.87. The number of carbonyl (C=O) groups is 1. The summed E-state index contributed by atoms with van der Waals surface area (Å²) in [5, 5.41) is 9.31. The molecule has 1 amide bonds. The van der Waals surface area contributed by atoms with Crippen molar-refractivity contribution in [3.05, 3.63) is 52.9 Å². The predicted octanol–water partition coefficient (Wildman–Crippen LogP) is 3.02. The number of halogens is 1. The van der Waals surface area contributed by atoms with E-state index in [2.05, 4.69) is 20.4 Å². The number of rotatable bonds is 4. The van der Waals surface area contributed by atoms with Crippen LogP contribution in [0.4, 0.5) is 5.13 Å². The van der Waals surface area contributed by atoms with Crippen molar-refractivity contribution in [2.75, 3.05) is 5.32 Å². The Morgan fingerprint density at radius 3 is 3.00 bits per heavy atom. The van der Waals surface area contributed by atoms with E-state index in [1.165, 1.54) is 17.5 Å². The van der Waals surface area contributed by atoms with E-state index in [1.54, 1.807) is 10.9 Å². The van der Waals surface area contributed by atoms with E-state index in [4.69, 9.17) is 11.6 Å². The zero-order chi connectivity index (χ0) is 15.5. The highest BCUT2D eigenvalue weighted by Crippen LogP contribution is 2.19. The van der Waals surface area contributed by atoms with Crippen LogP contribution in [0.3, 0.4) is 0 Å². The minimum absolute atomic E-state index is 0.254. The summed E-state index contributed by atoms with van der Waals surface area (Å²) in [6.07, 6.45) is 3.20. The van der Waals surface area contributed by atoms with Crippen LogP contribution in [-0.2, 0) is 5.88 Å². The van der Waals surface area contributed by atoms with Gasteiger partial charge in [-0.05, 0) is 19.1 Å². The van der Waals surface area contributed by atoms with Crippen molar-refractivity contribution in [1.82, 2.24) is 19.7 Å². The zero-order valence-corrected chi connectivity index (χ0v) is 13.2. The molecule has 0 aliphatic rings. The molecule has 22 heavy (non-hydrogen) atoms. The Morgan fingerprint density at radius 1 is 1.45 bits per heavy atom. The van der Waals surface area contributed by atoms with Crippen LogP contribution in [0.15, 0.2) is 36.0 Å². The number of nitrogens with one attached hydrogen (secondary N) is 1. The normalized spacial score (nSPS) is 10.6. The summed E-state index contributed by atoms with van der Waals surface area (Å²) in [5.41, 5.74) is 1.93. The quantitative estimate of drug-likeness (QED) is 0.745. The van der Waals surface area contributed by atoms with Crippen LogP contribution in [-0.4, -0.2) is 25.7 Å². The molecule has 0 spiro atoms. The maximum Gasteiger partial charge on any atom is 0.260 e. The van der Waals surface area contributed by atoms with Crippen molar-refractivity contribution in [3.8, 4) is 5.82 Å². The maximum atomic E-state index is 12.3. The smallest absolute Gasteiger partial charge is 0.260 e. The highest BCUT2D eigenvalue weighted by molar-refractivity contribution is 7.14. The minimum atomic E-state index is -0.254. The molecule has 0 aromatic carbocycles. The van der Waals surface area contributed by atoms with E-state index in [1.807, 2.05) is 30.5 Å². The SMILES string of the molecule is Cc1c(C(=O)Nc2nc(CCl)cs2)cnn1-c1ccccn1. The molecule has 6 nitrogen and oxygen atoms in total. The first-order chi connectivity index (χ1) is 10.7. The molecule has 0 atom stereocenters. The standard InChI is InChI=1S/C14H12ClN5OS/c1-9-11(7-17-20(9)12-4-2-3-5-16-12)13(21)19-14-18-10(6-15)8-22-14/h2-5,7-8H,6H2,1H3,(H,18,19,21). The fraction of sp³-hybridized carbons (Fsp3) is 0.143. The predicted molar refractivity (Wildman–Crippen MR) is 85.7 cm³/mol. The van der Waals surface area contributed by atoms with Gasteiger partial charge in [0, 0.05) is 11.6 Å². The van der Waals surface area contributed by atoms with Crippen molar-refractivity contribution in [3.63, 3.8) is 0 Å². The van der Waals surface area contributed by atoms with E-state index >= 15 is 0 Å². The molecule has 0 radical (unpaired) electrons. The number of alkyl halides is 1. The van der Waals surface area contributed by atoms with E-state index in [-0.39, 0.29) is 5.91 Å². The zero-order valence-electron chi connectivity index (χ0n) is 11.7. The molecule has 3 rings (SSSR count). The highest BCUT2D eigenvalue weighted by atomic mass is 35.5. The van der Waals surface area contributed by atoms with Crippen LogP contribution in [0, 0.1) is 6.92 Å². The summed E-state index contributed by atoms with van der Waals surface area (Å²) in [6, 6.07) is 5.52. The van der Waals surface area contributed by atoms with Gasteiger partial charge in [-0.2, -0.15) is 5.10 Å². The van der Waals surface area contributed by atoms with Gasteiger partial charge in [-0.3, -0.25) is 10.1 Å². The van der Waals surface area contributed by atoms with Gasteiger partial charge < -0.3 is 0 Å². The summed E-state index contributed by atoms with van der Waals surface area (Å²) in [4.78, 5) is 20.8. The Hall–Kier alpha value is -2.25. The number of nitrogens with zero attached hydrogens (tertiary/aromatic N) is 4. The van der Waals surface area contributed by atoms with Crippen LogP contribution >= 0.6 is 22.9 Å². The summed E-state index contributed by atoms with van der Waals surface area (Å²) >= 11 is 7.04. The fourth-order valence-electron chi connectivity index (χ4n) is 1.93. The van der Waals surface area contributed by atoms with Crippen LogP contribution in [0.25, 0.3) is 5.82 Å². The van der Waals surface area contributed by atoms with E-state index in [0.717, 1.165) is 5.69 Å². The van der Waals surface area contributed by atoms with E-state index < -0.39 is 0 Å². The van der Waals surface area contributed by atoms with Gasteiger partial charge in [-0.25, -0.2) is 14.6 Å². The monoisotopic (exact) mass is 333 g/mol. The molecule has 0 fully saturated rings. The Balaban J connectivity index is 1.83. The lowest BCUT2D eigenvalue weighted by molar-refractivity contribution is 0.102. The van der Waals surface area contributed by atoms with Crippen molar-refractivity contribution in [2.45, 2.75) is 12.8 Å². The lowest BCUT2D eigenvalue weighted by atomic mass is 10.2. The number of hydrogen-bond acceptors (Lipinski definition) is 5. The molecule has 0 aliphatic carbocycles. The van der Waals surface area contributed by atoms with Crippen LogP contribution in [0.2, 0.25) is 0 Å². The largest absolute Gasteiger partial charge is 0.298 e. The number of anilines is 1. The Morgan fingerprint density at radius 2 is 2.32 bits per heavy atom. The van der Waals surface area contributed by atoms with Crippen molar-refractivity contribution < 1.29 is 4.79 Å².